The molecule has 0 saturated carbocycles. The van der Waals surface area contributed by atoms with Crippen LogP contribution in [0.3, 0.4) is 0 Å². The molecule has 0 aliphatic carbocycles. The van der Waals surface area contributed by atoms with Crippen molar-refractivity contribution in [3.05, 3.63) is 12.2 Å². The Morgan fingerprint density at radius 3 is 2.25 bits per heavy atom. The summed E-state index contributed by atoms with van der Waals surface area (Å²) in [5, 5.41) is 10.8. The lowest BCUT2D eigenvalue weighted by atomic mass is 10.4. The summed E-state index contributed by atoms with van der Waals surface area (Å²) in [4.78, 5) is 21.2. The van der Waals surface area contributed by atoms with Crippen molar-refractivity contribution >= 4 is 11.9 Å². The van der Waals surface area contributed by atoms with Crippen LogP contribution in [0, 0.1) is 0 Å². The maximum atomic E-state index is 11.1. The highest BCUT2D eigenvalue weighted by atomic mass is 16.7. The van der Waals surface area contributed by atoms with Crippen molar-refractivity contribution in [2.45, 2.75) is 20.1 Å². The number of rotatable bonds is 8. The zero-order valence-corrected chi connectivity index (χ0v) is 9.43. The van der Waals surface area contributed by atoms with Crippen LogP contribution in [0.1, 0.15) is 13.8 Å². The average molecular weight is 231 g/mol. The Hall–Kier alpha value is -1.40. The number of hydrogen-bond donors (Lipinski definition) is 2. The number of aliphatic carboxylic acids is 1. The van der Waals surface area contributed by atoms with Crippen LogP contribution in [0.5, 0.6) is 0 Å². The van der Waals surface area contributed by atoms with Crippen molar-refractivity contribution in [1.29, 1.82) is 0 Å². The minimum absolute atomic E-state index is 0.185. The van der Waals surface area contributed by atoms with Crippen LogP contribution in [0.25, 0.3) is 0 Å². The lowest BCUT2D eigenvalue weighted by Gasteiger charge is -2.16. The Bertz CT molecular complexity index is 246. The first-order valence-corrected chi connectivity index (χ1v) is 5.02. The molecule has 16 heavy (non-hydrogen) atoms. The van der Waals surface area contributed by atoms with E-state index in [-0.39, 0.29) is 6.54 Å². The van der Waals surface area contributed by atoms with Gasteiger partial charge in [-0.3, -0.25) is 4.79 Å². The fourth-order valence-electron chi connectivity index (χ4n) is 0.928. The SMILES string of the molecule is CCOC(CNC(=O)/C=C/C(=O)O)OCC. The van der Waals surface area contributed by atoms with E-state index in [0.717, 1.165) is 12.2 Å². The van der Waals surface area contributed by atoms with Gasteiger partial charge in [0, 0.05) is 25.4 Å². The summed E-state index contributed by atoms with van der Waals surface area (Å²) >= 11 is 0. The molecule has 0 spiro atoms. The predicted octanol–water partition coefficient (Wildman–Crippen LogP) is 0.142. The Morgan fingerprint density at radius 1 is 1.25 bits per heavy atom. The zero-order valence-electron chi connectivity index (χ0n) is 9.43. The molecule has 0 rings (SSSR count). The van der Waals surface area contributed by atoms with E-state index in [0.29, 0.717) is 13.2 Å². The van der Waals surface area contributed by atoms with E-state index in [2.05, 4.69) is 5.32 Å². The number of ether oxygens (including phenoxy) is 2. The molecule has 0 radical (unpaired) electrons. The van der Waals surface area contributed by atoms with Gasteiger partial charge in [0.05, 0.1) is 6.54 Å². The third-order valence-corrected chi connectivity index (χ3v) is 1.53. The van der Waals surface area contributed by atoms with Crippen molar-refractivity contribution in [2.75, 3.05) is 19.8 Å². The summed E-state index contributed by atoms with van der Waals surface area (Å²) < 4.78 is 10.4. The molecule has 0 saturated heterocycles. The van der Waals surface area contributed by atoms with Crippen LogP contribution in [0.2, 0.25) is 0 Å². The van der Waals surface area contributed by atoms with Gasteiger partial charge in [-0.15, -0.1) is 0 Å². The molecule has 1 amide bonds. The second-order valence-electron chi connectivity index (χ2n) is 2.76. The monoisotopic (exact) mass is 231 g/mol. The van der Waals surface area contributed by atoms with Gasteiger partial charge >= 0.3 is 5.97 Å². The van der Waals surface area contributed by atoms with Gasteiger partial charge in [-0.2, -0.15) is 0 Å². The van der Waals surface area contributed by atoms with Crippen molar-refractivity contribution in [2.24, 2.45) is 0 Å². The van der Waals surface area contributed by atoms with E-state index in [4.69, 9.17) is 14.6 Å². The topological polar surface area (TPSA) is 84.9 Å². The van der Waals surface area contributed by atoms with Crippen molar-refractivity contribution in [3.63, 3.8) is 0 Å². The normalized spacial score (nSPS) is 10.9. The summed E-state index contributed by atoms with van der Waals surface area (Å²) in [5.74, 6) is -1.66. The Balaban J connectivity index is 3.90. The lowest BCUT2D eigenvalue weighted by Crippen LogP contribution is -2.34. The number of amides is 1. The van der Waals surface area contributed by atoms with E-state index < -0.39 is 18.2 Å². The maximum Gasteiger partial charge on any atom is 0.328 e. The molecule has 0 atom stereocenters. The third-order valence-electron chi connectivity index (χ3n) is 1.53. The molecule has 0 heterocycles. The summed E-state index contributed by atoms with van der Waals surface area (Å²) in [7, 11) is 0. The largest absolute Gasteiger partial charge is 0.478 e. The van der Waals surface area contributed by atoms with Gasteiger partial charge < -0.3 is 19.9 Å². The molecule has 0 aliphatic heterocycles. The van der Waals surface area contributed by atoms with Crippen LogP contribution in [0.15, 0.2) is 12.2 Å². The minimum Gasteiger partial charge on any atom is -0.478 e. The molecule has 0 aromatic heterocycles. The molecular formula is C10H17NO5. The first kappa shape index (κ1) is 14.6. The molecule has 6 nitrogen and oxygen atoms in total. The molecule has 2 N–H and O–H groups in total. The predicted molar refractivity (Wildman–Crippen MR) is 56.8 cm³/mol. The molecule has 0 unspecified atom stereocenters. The van der Waals surface area contributed by atoms with E-state index in [1.807, 2.05) is 13.8 Å². The molecule has 92 valence electrons. The molecule has 0 fully saturated rings. The van der Waals surface area contributed by atoms with Crippen LogP contribution in [-0.2, 0) is 19.1 Å². The van der Waals surface area contributed by atoms with Gasteiger partial charge in [-0.05, 0) is 13.8 Å². The maximum absolute atomic E-state index is 11.1. The second-order valence-corrected chi connectivity index (χ2v) is 2.76. The molecule has 6 heteroatoms. The highest BCUT2D eigenvalue weighted by Gasteiger charge is 2.08. The number of nitrogens with one attached hydrogen (secondary N) is 1. The van der Waals surface area contributed by atoms with Gasteiger partial charge in [0.1, 0.15) is 0 Å². The first-order chi connectivity index (χ1) is 7.60. The standard InChI is InChI=1S/C10H17NO5/c1-3-15-10(16-4-2)7-11-8(12)5-6-9(13)14/h5-6,10H,3-4,7H2,1-2H3,(H,11,12)(H,13,14)/b6-5+. The minimum atomic E-state index is -1.17. The van der Waals surface area contributed by atoms with Crippen molar-refractivity contribution < 1.29 is 24.2 Å². The van der Waals surface area contributed by atoms with Gasteiger partial charge in [0.25, 0.3) is 0 Å². The van der Waals surface area contributed by atoms with Crippen molar-refractivity contribution in [3.8, 4) is 0 Å². The molecule has 0 bridgehead atoms. The fourth-order valence-corrected chi connectivity index (χ4v) is 0.928. The molecule has 0 aromatic carbocycles. The lowest BCUT2D eigenvalue weighted by molar-refractivity contribution is -0.138. The highest BCUT2D eigenvalue weighted by molar-refractivity contribution is 5.93. The quantitative estimate of drug-likeness (QED) is 0.458. The second kappa shape index (κ2) is 8.87. The fraction of sp³-hybridized carbons (Fsp3) is 0.600. The summed E-state index contributed by atoms with van der Waals surface area (Å²) in [5.41, 5.74) is 0. The van der Waals surface area contributed by atoms with Crippen molar-refractivity contribution in [1.82, 2.24) is 5.32 Å². The number of hydrogen-bond acceptors (Lipinski definition) is 4. The molecule has 0 aromatic rings. The number of carbonyl (C=O) groups is 2. The summed E-state index contributed by atoms with van der Waals surface area (Å²) in [6.45, 7) is 4.78. The van der Waals surface area contributed by atoms with Crippen LogP contribution >= 0.6 is 0 Å². The Labute approximate surface area is 94.2 Å². The van der Waals surface area contributed by atoms with Gasteiger partial charge in [-0.1, -0.05) is 0 Å². The van der Waals surface area contributed by atoms with Gasteiger partial charge in [0.15, 0.2) is 6.29 Å². The summed E-state index contributed by atoms with van der Waals surface area (Å²) in [6, 6.07) is 0. The smallest absolute Gasteiger partial charge is 0.328 e. The van der Waals surface area contributed by atoms with Crippen LogP contribution in [-0.4, -0.2) is 43.0 Å². The molecular weight excluding hydrogens is 214 g/mol. The third kappa shape index (κ3) is 7.95. The highest BCUT2D eigenvalue weighted by Crippen LogP contribution is 1.93. The average Bonchev–Trinajstić information content (AvgIpc) is 2.23. The first-order valence-electron chi connectivity index (χ1n) is 5.02. The number of carbonyl (C=O) groups excluding carboxylic acids is 1. The summed E-state index contributed by atoms with van der Waals surface area (Å²) in [6.07, 6.45) is 1.21. The van der Waals surface area contributed by atoms with E-state index in [1.54, 1.807) is 0 Å². The van der Waals surface area contributed by atoms with Crippen LogP contribution in [0.4, 0.5) is 0 Å². The van der Waals surface area contributed by atoms with Gasteiger partial charge in [0.2, 0.25) is 5.91 Å². The number of carboxylic acids is 1. The zero-order chi connectivity index (χ0) is 12.4. The van der Waals surface area contributed by atoms with E-state index in [9.17, 15) is 9.59 Å². The van der Waals surface area contributed by atoms with E-state index >= 15 is 0 Å². The van der Waals surface area contributed by atoms with E-state index in [1.165, 1.54) is 0 Å². The number of carboxylic acid groups (broad SMARTS) is 1. The molecule has 0 aliphatic rings. The van der Waals surface area contributed by atoms with Crippen LogP contribution < -0.4 is 5.32 Å². The van der Waals surface area contributed by atoms with Gasteiger partial charge in [-0.25, -0.2) is 4.79 Å². The Morgan fingerprint density at radius 2 is 1.81 bits per heavy atom. The Kier molecular flexibility index (Phi) is 8.10.